The second-order valence-corrected chi connectivity index (χ2v) is 8.17. The van der Waals surface area contributed by atoms with Gasteiger partial charge < -0.3 is 4.90 Å². The predicted octanol–water partition coefficient (Wildman–Crippen LogP) is 5.34. The molecule has 0 saturated carbocycles. The molecule has 27 heavy (non-hydrogen) atoms. The van der Waals surface area contributed by atoms with Crippen molar-refractivity contribution in [3.05, 3.63) is 57.8 Å². The molecule has 0 aliphatic carbocycles. The second kappa shape index (κ2) is 8.52. The molecule has 0 saturated heterocycles. The third-order valence-corrected chi connectivity index (χ3v) is 5.57. The number of halogens is 3. The van der Waals surface area contributed by atoms with Gasteiger partial charge in [-0.15, -0.1) is 0 Å². The second-order valence-electron chi connectivity index (χ2n) is 6.32. The molecule has 0 aliphatic heterocycles. The Bertz CT molecular complexity index is 977. The van der Waals surface area contributed by atoms with Crippen LogP contribution in [-0.4, -0.2) is 43.0 Å². The van der Waals surface area contributed by atoms with Crippen LogP contribution in [-0.2, 0) is 0 Å². The first-order chi connectivity index (χ1) is 12.9. The van der Waals surface area contributed by atoms with Gasteiger partial charge in [0.2, 0.25) is 0 Å². The maximum absolute atomic E-state index is 14.1. The third-order valence-electron chi connectivity index (χ3n) is 3.98. The van der Waals surface area contributed by atoms with Gasteiger partial charge in [-0.05, 0) is 57.4 Å². The highest BCUT2D eigenvalue weighted by molar-refractivity contribution is 7.22. The summed E-state index contributed by atoms with van der Waals surface area (Å²) in [6.45, 7) is 1.24. The minimum absolute atomic E-state index is 0.269. The summed E-state index contributed by atoms with van der Waals surface area (Å²) >= 11 is 13.4. The van der Waals surface area contributed by atoms with Crippen molar-refractivity contribution in [3.8, 4) is 0 Å². The molecule has 0 atom stereocenters. The quantitative estimate of drug-likeness (QED) is 0.534. The number of benzene rings is 2. The molecule has 0 unspecified atom stereocenters. The highest BCUT2D eigenvalue weighted by Crippen LogP contribution is 2.32. The number of carbonyl (C=O) groups excluding carboxylic acids is 1. The average Bonchev–Trinajstić information content (AvgIpc) is 3.03. The van der Waals surface area contributed by atoms with E-state index in [-0.39, 0.29) is 16.4 Å². The van der Waals surface area contributed by atoms with Crippen LogP contribution in [0.25, 0.3) is 10.2 Å². The maximum Gasteiger partial charge on any atom is 0.261 e. The molecule has 3 rings (SSSR count). The molecule has 1 amide bonds. The van der Waals surface area contributed by atoms with Crippen LogP contribution in [0, 0.1) is 5.82 Å². The Kier molecular flexibility index (Phi) is 6.32. The minimum Gasteiger partial charge on any atom is -0.309 e. The van der Waals surface area contributed by atoms with Crippen molar-refractivity contribution in [1.29, 1.82) is 0 Å². The third kappa shape index (κ3) is 4.58. The molecule has 142 valence electrons. The Morgan fingerprint density at radius 1 is 1.19 bits per heavy atom. The summed E-state index contributed by atoms with van der Waals surface area (Å²) in [5, 5.41) is 1.18. The molecule has 0 spiro atoms. The van der Waals surface area contributed by atoms with Gasteiger partial charge in [-0.25, -0.2) is 9.37 Å². The van der Waals surface area contributed by atoms with Gasteiger partial charge in [-0.3, -0.25) is 9.69 Å². The molecule has 8 heteroatoms. The van der Waals surface area contributed by atoms with Crippen molar-refractivity contribution in [1.82, 2.24) is 9.88 Å². The van der Waals surface area contributed by atoms with Crippen LogP contribution in [0.3, 0.4) is 0 Å². The van der Waals surface area contributed by atoms with E-state index in [4.69, 9.17) is 23.2 Å². The number of rotatable bonds is 6. The number of fused-ring (bicyclic) bond motifs is 1. The largest absolute Gasteiger partial charge is 0.309 e. The first kappa shape index (κ1) is 20.0. The lowest BCUT2D eigenvalue weighted by atomic mass is 10.2. The number of carbonyl (C=O) groups is 1. The smallest absolute Gasteiger partial charge is 0.261 e. The first-order valence-corrected chi connectivity index (χ1v) is 9.91. The molecule has 0 aliphatic rings. The Hall–Kier alpha value is -1.73. The molecule has 0 N–H and O–H groups in total. The van der Waals surface area contributed by atoms with Crippen molar-refractivity contribution in [3.63, 3.8) is 0 Å². The summed E-state index contributed by atoms with van der Waals surface area (Å²) in [6, 6.07) is 9.54. The normalized spacial score (nSPS) is 11.3. The van der Waals surface area contributed by atoms with Crippen LogP contribution in [0.2, 0.25) is 10.0 Å². The highest BCUT2D eigenvalue weighted by Gasteiger charge is 2.23. The lowest BCUT2D eigenvalue weighted by Gasteiger charge is -2.21. The van der Waals surface area contributed by atoms with Gasteiger partial charge in [0.15, 0.2) is 5.13 Å². The van der Waals surface area contributed by atoms with E-state index >= 15 is 0 Å². The predicted molar refractivity (Wildman–Crippen MR) is 111 cm³/mol. The molecule has 0 radical (unpaired) electrons. The summed E-state index contributed by atoms with van der Waals surface area (Å²) in [7, 11) is 3.94. The zero-order valence-corrected chi connectivity index (χ0v) is 17.2. The van der Waals surface area contributed by atoms with Gasteiger partial charge in [-0.1, -0.05) is 40.6 Å². The van der Waals surface area contributed by atoms with Crippen LogP contribution in [0.15, 0.2) is 36.4 Å². The topological polar surface area (TPSA) is 36.4 Å². The first-order valence-electron chi connectivity index (χ1n) is 8.33. The zero-order valence-electron chi connectivity index (χ0n) is 14.9. The van der Waals surface area contributed by atoms with Crippen molar-refractivity contribution >= 4 is 55.8 Å². The number of thiazole rings is 1. The zero-order chi connectivity index (χ0) is 19.6. The number of hydrogen-bond acceptors (Lipinski definition) is 4. The fraction of sp³-hybridized carbons (Fsp3) is 0.263. The van der Waals surface area contributed by atoms with Crippen molar-refractivity contribution in [2.75, 3.05) is 32.1 Å². The van der Waals surface area contributed by atoms with Gasteiger partial charge in [0.05, 0.1) is 15.3 Å². The maximum atomic E-state index is 14.1. The standard InChI is InChI=1S/C19H18Cl2FN3OS/c1-24(2)9-4-10-25(18(26)13-8-7-12(20)11-14(13)21)19-23-17-15(22)5-3-6-16(17)27-19/h3,5-8,11H,4,9-10H2,1-2H3. The summed E-state index contributed by atoms with van der Waals surface area (Å²) in [4.78, 5) is 21.1. The number of hydrogen-bond donors (Lipinski definition) is 0. The van der Waals surface area contributed by atoms with Gasteiger partial charge >= 0.3 is 0 Å². The fourth-order valence-corrected chi connectivity index (χ4v) is 4.15. The van der Waals surface area contributed by atoms with Crippen molar-refractivity contribution in [2.24, 2.45) is 0 Å². The van der Waals surface area contributed by atoms with Crippen molar-refractivity contribution in [2.45, 2.75) is 6.42 Å². The van der Waals surface area contributed by atoms with Crippen LogP contribution >= 0.6 is 34.5 Å². The molecule has 2 aromatic carbocycles. The Labute approximate surface area is 171 Å². The number of para-hydroxylation sites is 1. The summed E-state index contributed by atoms with van der Waals surface area (Å²) < 4.78 is 14.7. The summed E-state index contributed by atoms with van der Waals surface area (Å²) in [5.74, 6) is -0.685. The lowest BCUT2D eigenvalue weighted by Crippen LogP contribution is -2.33. The fourth-order valence-electron chi connectivity index (χ4n) is 2.66. The van der Waals surface area contributed by atoms with E-state index < -0.39 is 5.82 Å². The van der Waals surface area contributed by atoms with E-state index in [1.165, 1.54) is 23.5 Å². The molecule has 0 fully saturated rings. The van der Waals surface area contributed by atoms with E-state index in [2.05, 4.69) is 4.98 Å². The molecule has 1 heterocycles. The van der Waals surface area contributed by atoms with E-state index in [9.17, 15) is 9.18 Å². The van der Waals surface area contributed by atoms with Crippen LogP contribution in [0.4, 0.5) is 9.52 Å². The number of anilines is 1. The molecule has 1 aromatic heterocycles. The minimum atomic E-state index is -0.403. The van der Waals surface area contributed by atoms with E-state index in [0.29, 0.717) is 27.0 Å². The van der Waals surface area contributed by atoms with Gasteiger partial charge in [0.25, 0.3) is 5.91 Å². The lowest BCUT2D eigenvalue weighted by molar-refractivity contribution is 0.0986. The van der Waals surface area contributed by atoms with Gasteiger partial charge in [0, 0.05) is 11.6 Å². The molecule has 3 aromatic rings. The van der Waals surface area contributed by atoms with E-state index in [0.717, 1.165) is 13.0 Å². The Balaban J connectivity index is 1.98. The molecule has 0 bridgehead atoms. The number of nitrogens with zero attached hydrogens (tertiary/aromatic N) is 3. The van der Waals surface area contributed by atoms with Crippen LogP contribution in [0.1, 0.15) is 16.8 Å². The van der Waals surface area contributed by atoms with E-state index in [1.54, 1.807) is 29.2 Å². The SMILES string of the molecule is CN(C)CCCN(C(=O)c1ccc(Cl)cc1Cl)c1nc2c(F)cccc2s1. The Morgan fingerprint density at radius 2 is 1.96 bits per heavy atom. The molecular weight excluding hydrogens is 408 g/mol. The van der Waals surface area contributed by atoms with Crippen LogP contribution in [0.5, 0.6) is 0 Å². The monoisotopic (exact) mass is 425 g/mol. The summed E-state index contributed by atoms with van der Waals surface area (Å²) in [6.07, 6.45) is 0.738. The van der Waals surface area contributed by atoms with Crippen molar-refractivity contribution < 1.29 is 9.18 Å². The van der Waals surface area contributed by atoms with Gasteiger partial charge in [0.1, 0.15) is 11.3 Å². The highest BCUT2D eigenvalue weighted by atomic mass is 35.5. The van der Waals surface area contributed by atoms with E-state index in [1.807, 2.05) is 19.0 Å². The number of amides is 1. The number of aromatic nitrogens is 1. The summed E-state index contributed by atoms with van der Waals surface area (Å²) in [5.41, 5.74) is 0.607. The molecular formula is C19H18Cl2FN3OS. The van der Waals surface area contributed by atoms with Gasteiger partial charge in [-0.2, -0.15) is 0 Å². The molecule has 4 nitrogen and oxygen atoms in total. The average molecular weight is 426 g/mol. The van der Waals surface area contributed by atoms with Crippen LogP contribution < -0.4 is 4.90 Å². The Morgan fingerprint density at radius 3 is 2.63 bits per heavy atom.